The summed E-state index contributed by atoms with van der Waals surface area (Å²) in [5, 5.41) is 3.13. The van der Waals surface area contributed by atoms with Crippen molar-refractivity contribution in [2.45, 2.75) is 32.1 Å². The van der Waals surface area contributed by atoms with Gasteiger partial charge in [-0.3, -0.25) is 9.59 Å². The fraction of sp³-hybridized carbons (Fsp3) is 0.818. The number of piperidine rings is 1. The highest BCUT2D eigenvalue weighted by molar-refractivity contribution is 6.04. The van der Waals surface area contributed by atoms with Gasteiger partial charge in [0, 0.05) is 25.4 Å². The molecule has 2 aliphatic rings. The summed E-state index contributed by atoms with van der Waals surface area (Å²) < 4.78 is 0. The lowest BCUT2D eigenvalue weighted by Crippen LogP contribution is -2.43. The maximum Gasteiger partial charge on any atom is 0.147 e. The van der Waals surface area contributed by atoms with Gasteiger partial charge in [0.25, 0.3) is 0 Å². The number of ketones is 2. The number of carbonyl (C=O) groups is 2. The third-order valence-corrected chi connectivity index (χ3v) is 3.39. The minimum atomic E-state index is -0.327. The summed E-state index contributed by atoms with van der Waals surface area (Å²) in [5.74, 6) is 0.219. The summed E-state index contributed by atoms with van der Waals surface area (Å²) in [6, 6.07) is 0. The molecule has 0 bridgehead atoms. The molecule has 2 rings (SSSR count). The van der Waals surface area contributed by atoms with Gasteiger partial charge in [-0.1, -0.05) is 12.8 Å². The Hall–Kier alpha value is -0.700. The van der Waals surface area contributed by atoms with Gasteiger partial charge in [0.1, 0.15) is 11.6 Å². The van der Waals surface area contributed by atoms with Crippen LogP contribution in [0.3, 0.4) is 0 Å². The Labute approximate surface area is 84.2 Å². The molecule has 3 nitrogen and oxygen atoms in total. The minimum absolute atomic E-state index is 0.153. The lowest BCUT2D eigenvalue weighted by molar-refractivity contribution is -0.135. The molecule has 0 radical (unpaired) electrons. The maximum atomic E-state index is 11.9. The molecule has 1 saturated heterocycles. The topological polar surface area (TPSA) is 46.2 Å². The average molecular weight is 195 g/mol. The lowest BCUT2D eigenvalue weighted by atomic mass is 9.86. The van der Waals surface area contributed by atoms with Crippen molar-refractivity contribution in [1.29, 1.82) is 0 Å². The van der Waals surface area contributed by atoms with E-state index in [4.69, 9.17) is 0 Å². The zero-order valence-electron chi connectivity index (χ0n) is 8.42. The number of carbonyl (C=O) groups excluding carboxylic acids is 2. The highest BCUT2D eigenvalue weighted by Gasteiger charge is 2.34. The van der Waals surface area contributed by atoms with Crippen molar-refractivity contribution in [3.05, 3.63) is 0 Å². The highest BCUT2D eigenvalue weighted by Crippen LogP contribution is 2.28. The van der Waals surface area contributed by atoms with Gasteiger partial charge in [0.05, 0.1) is 5.92 Å². The van der Waals surface area contributed by atoms with Gasteiger partial charge in [0.15, 0.2) is 0 Å². The first-order chi connectivity index (χ1) is 6.79. The molecule has 0 aromatic carbocycles. The average Bonchev–Trinajstić information content (AvgIpc) is 2.70. The molecule has 1 unspecified atom stereocenters. The Morgan fingerprint density at radius 2 is 2.00 bits per heavy atom. The van der Waals surface area contributed by atoms with Crippen molar-refractivity contribution in [2.75, 3.05) is 13.1 Å². The molecule has 14 heavy (non-hydrogen) atoms. The maximum absolute atomic E-state index is 11.9. The summed E-state index contributed by atoms with van der Waals surface area (Å²) in [5.41, 5.74) is 0. The molecule has 0 spiro atoms. The normalized spacial score (nSPS) is 29.4. The van der Waals surface area contributed by atoms with E-state index >= 15 is 0 Å². The van der Waals surface area contributed by atoms with E-state index in [1.54, 1.807) is 0 Å². The Bertz CT molecular complexity index is 244. The van der Waals surface area contributed by atoms with Crippen LogP contribution in [0.1, 0.15) is 32.1 Å². The van der Waals surface area contributed by atoms with Crippen LogP contribution in [-0.4, -0.2) is 24.7 Å². The highest BCUT2D eigenvalue weighted by atomic mass is 16.2. The second kappa shape index (κ2) is 4.22. The van der Waals surface area contributed by atoms with E-state index in [0.29, 0.717) is 13.0 Å². The van der Waals surface area contributed by atoms with Crippen molar-refractivity contribution in [3.63, 3.8) is 0 Å². The van der Waals surface area contributed by atoms with E-state index in [-0.39, 0.29) is 23.4 Å². The Kier molecular flexibility index (Phi) is 2.96. The predicted octanol–water partition coefficient (Wildman–Crippen LogP) is 0.924. The van der Waals surface area contributed by atoms with Crippen LogP contribution in [-0.2, 0) is 9.59 Å². The molecule has 1 N–H and O–H groups in total. The van der Waals surface area contributed by atoms with Gasteiger partial charge in [-0.25, -0.2) is 0 Å². The number of hydrogen-bond acceptors (Lipinski definition) is 3. The van der Waals surface area contributed by atoms with Gasteiger partial charge in [-0.15, -0.1) is 0 Å². The molecule has 0 aromatic heterocycles. The van der Waals surface area contributed by atoms with Gasteiger partial charge in [-0.2, -0.15) is 0 Å². The first-order valence-corrected chi connectivity index (χ1v) is 5.56. The molecule has 1 aliphatic heterocycles. The van der Waals surface area contributed by atoms with Gasteiger partial charge in [-0.05, 0) is 12.8 Å². The first kappa shape index (κ1) is 9.84. The van der Waals surface area contributed by atoms with Gasteiger partial charge >= 0.3 is 0 Å². The van der Waals surface area contributed by atoms with E-state index in [1.807, 2.05) is 0 Å². The van der Waals surface area contributed by atoms with E-state index in [0.717, 1.165) is 32.2 Å². The number of hydrogen-bond donors (Lipinski definition) is 1. The number of nitrogens with one attached hydrogen (secondary N) is 1. The van der Waals surface area contributed by atoms with Crippen molar-refractivity contribution in [3.8, 4) is 0 Å². The molecule has 1 aliphatic carbocycles. The molecule has 0 amide bonds. The molecule has 0 aromatic rings. The predicted molar refractivity (Wildman–Crippen MR) is 52.9 cm³/mol. The van der Waals surface area contributed by atoms with Gasteiger partial charge in [0.2, 0.25) is 0 Å². The van der Waals surface area contributed by atoms with Crippen LogP contribution >= 0.6 is 0 Å². The molecular formula is C11H17NO2. The fourth-order valence-corrected chi connectivity index (χ4v) is 2.50. The van der Waals surface area contributed by atoms with Crippen molar-refractivity contribution >= 4 is 11.6 Å². The van der Waals surface area contributed by atoms with Crippen LogP contribution in [0, 0.1) is 11.8 Å². The van der Waals surface area contributed by atoms with E-state index in [9.17, 15) is 9.59 Å². The van der Waals surface area contributed by atoms with Crippen molar-refractivity contribution in [1.82, 2.24) is 5.32 Å². The van der Waals surface area contributed by atoms with Crippen molar-refractivity contribution < 1.29 is 9.59 Å². The molecule has 1 atom stereocenters. The fourth-order valence-electron chi connectivity index (χ4n) is 2.50. The van der Waals surface area contributed by atoms with Crippen LogP contribution < -0.4 is 5.32 Å². The second-order valence-electron chi connectivity index (χ2n) is 4.36. The molecule has 78 valence electrons. The lowest BCUT2D eigenvalue weighted by Gasteiger charge is -2.22. The molecular weight excluding hydrogens is 178 g/mol. The summed E-state index contributed by atoms with van der Waals surface area (Å²) in [7, 11) is 0. The number of Topliss-reactive ketones (excluding diaryl/α,β-unsaturated/α-hetero) is 2. The number of rotatable bonds is 2. The third-order valence-electron chi connectivity index (χ3n) is 3.39. The monoisotopic (exact) mass is 195 g/mol. The van der Waals surface area contributed by atoms with Gasteiger partial charge < -0.3 is 5.32 Å². The summed E-state index contributed by atoms with van der Waals surface area (Å²) in [4.78, 5) is 23.5. The van der Waals surface area contributed by atoms with E-state index in [1.165, 1.54) is 0 Å². The largest absolute Gasteiger partial charge is 0.315 e. The minimum Gasteiger partial charge on any atom is -0.315 e. The van der Waals surface area contributed by atoms with Crippen LogP contribution in [0.2, 0.25) is 0 Å². The smallest absolute Gasteiger partial charge is 0.147 e. The summed E-state index contributed by atoms with van der Waals surface area (Å²) >= 11 is 0. The third kappa shape index (κ3) is 1.87. The molecule has 1 saturated carbocycles. The molecule has 1 heterocycles. The zero-order valence-corrected chi connectivity index (χ0v) is 8.42. The Morgan fingerprint density at radius 1 is 1.29 bits per heavy atom. The van der Waals surface area contributed by atoms with Crippen molar-refractivity contribution in [2.24, 2.45) is 11.8 Å². The second-order valence-corrected chi connectivity index (χ2v) is 4.36. The first-order valence-electron chi connectivity index (χ1n) is 5.56. The van der Waals surface area contributed by atoms with Crippen LogP contribution in [0.15, 0.2) is 0 Å². The summed E-state index contributed by atoms with van der Waals surface area (Å²) in [6.07, 6.45) is 4.85. The Balaban J connectivity index is 1.98. The molecule has 3 heteroatoms. The van der Waals surface area contributed by atoms with E-state index < -0.39 is 0 Å². The zero-order chi connectivity index (χ0) is 9.97. The van der Waals surface area contributed by atoms with Crippen LogP contribution in [0.4, 0.5) is 0 Å². The Morgan fingerprint density at radius 3 is 2.64 bits per heavy atom. The molecule has 2 fully saturated rings. The SMILES string of the molecule is O=C1CCNCC1C(=O)C1CCCC1. The van der Waals surface area contributed by atoms with Crippen LogP contribution in [0.25, 0.3) is 0 Å². The quantitative estimate of drug-likeness (QED) is 0.667. The van der Waals surface area contributed by atoms with E-state index in [2.05, 4.69) is 5.32 Å². The summed E-state index contributed by atoms with van der Waals surface area (Å²) in [6.45, 7) is 1.32. The van der Waals surface area contributed by atoms with Crippen LogP contribution in [0.5, 0.6) is 0 Å². The standard InChI is InChI=1S/C11H17NO2/c13-10-5-6-12-7-9(10)11(14)8-3-1-2-4-8/h8-9,12H,1-7H2.